The fraction of sp³-hybridized carbons (Fsp3) is 0.308. The van der Waals surface area contributed by atoms with Crippen molar-refractivity contribution in [1.29, 1.82) is 0 Å². The van der Waals surface area contributed by atoms with Crippen molar-refractivity contribution in [2.24, 2.45) is 0 Å². The smallest absolute Gasteiger partial charge is 0.272 e. The van der Waals surface area contributed by atoms with Gasteiger partial charge in [0.1, 0.15) is 11.5 Å². The molecule has 31 heavy (non-hydrogen) atoms. The fourth-order valence-corrected chi connectivity index (χ4v) is 4.22. The van der Waals surface area contributed by atoms with Crippen LogP contribution >= 0.6 is 0 Å². The Labute approximate surface area is 183 Å². The standard InChI is InChI=1S/C26H28FN3O/c1-3-28-16-18-8-9-20-15-22(12-10-19(20)14-18)30(2)26(31)25-13-11-21(17-29-25)23-6-4-5-7-24(23)27/h4-9,11,13-14,17,22,28H,3,10,12,15-16H2,1-2H3. The molecular weight excluding hydrogens is 389 g/mol. The number of carbonyl (C=O) groups excluding carboxylic acids is 1. The molecule has 0 radical (unpaired) electrons. The van der Waals surface area contributed by atoms with Gasteiger partial charge in [-0.3, -0.25) is 9.78 Å². The summed E-state index contributed by atoms with van der Waals surface area (Å²) >= 11 is 0. The molecule has 1 amide bonds. The number of halogens is 1. The van der Waals surface area contributed by atoms with Crippen LogP contribution in [0.3, 0.4) is 0 Å². The molecule has 0 aliphatic heterocycles. The molecule has 1 aliphatic carbocycles. The lowest BCUT2D eigenvalue weighted by Gasteiger charge is -2.32. The van der Waals surface area contributed by atoms with Gasteiger partial charge in [0, 0.05) is 37.0 Å². The minimum Gasteiger partial charge on any atom is -0.337 e. The average Bonchev–Trinajstić information content (AvgIpc) is 2.82. The first-order valence-electron chi connectivity index (χ1n) is 10.9. The highest BCUT2D eigenvalue weighted by Gasteiger charge is 2.26. The number of amides is 1. The van der Waals surface area contributed by atoms with Crippen LogP contribution in [0, 0.1) is 5.82 Å². The number of nitrogens with zero attached hydrogens (tertiary/aromatic N) is 2. The molecule has 1 aromatic heterocycles. The third-order valence-corrected chi connectivity index (χ3v) is 6.09. The van der Waals surface area contributed by atoms with Gasteiger partial charge in [-0.05, 0) is 54.6 Å². The number of rotatable bonds is 6. The van der Waals surface area contributed by atoms with Crippen molar-refractivity contribution in [3.05, 3.63) is 89.0 Å². The van der Waals surface area contributed by atoms with Crippen molar-refractivity contribution < 1.29 is 9.18 Å². The van der Waals surface area contributed by atoms with Gasteiger partial charge in [0.25, 0.3) is 5.91 Å². The van der Waals surface area contributed by atoms with Gasteiger partial charge in [-0.15, -0.1) is 0 Å². The lowest BCUT2D eigenvalue weighted by molar-refractivity contribution is 0.0713. The Bertz CT molecular complexity index is 1060. The van der Waals surface area contributed by atoms with E-state index in [1.807, 2.05) is 7.05 Å². The van der Waals surface area contributed by atoms with Gasteiger partial charge in [0.2, 0.25) is 0 Å². The Morgan fingerprint density at radius 1 is 1.16 bits per heavy atom. The number of hydrogen-bond donors (Lipinski definition) is 1. The number of aryl methyl sites for hydroxylation is 1. The number of carbonyl (C=O) groups is 1. The molecule has 0 fully saturated rings. The number of fused-ring (bicyclic) bond motifs is 1. The Morgan fingerprint density at radius 3 is 2.74 bits per heavy atom. The highest BCUT2D eigenvalue weighted by Crippen LogP contribution is 2.26. The fourth-order valence-electron chi connectivity index (χ4n) is 4.22. The maximum Gasteiger partial charge on any atom is 0.272 e. The molecule has 160 valence electrons. The molecule has 4 rings (SSSR count). The highest BCUT2D eigenvalue weighted by molar-refractivity contribution is 5.92. The van der Waals surface area contributed by atoms with E-state index in [9.17, 15) is 9.18 Å². The average molecular weight is 418 g/mol. The molecule has 1 heterocycles. The summed E-state index contributed by atoms with van der Waals surface area (Å²) in [7, 11) is 1.85. The quantitative estimate of drug-likeness (QED) is 0.636. The van der Waals surface area contributed by atoms with E-state index in [2.05, 4.69) is 35.4 Å². The number of likely N-dealkylation sites (N-methyl/N-ethyl adjacent to an activating group) is 1. The second-order valence-corrected chi connectivity index (χ2v) is 8.11. The van der Waals surface area contributed by atoms with Crippen molar-refractivity contribution in [2.45, 2.75) is 38.8 Å². The van der Waals surface area contributed by atoms with Crippen LogP contribution in [0.1, 0.15) is 40.5 Å². The Morgan fingerprint density at radius 2 is 2.00 bits per heavy atom. The zero-order chi connectivity index (χ0) is 21.8. The van der Waals surface area contributed by atoms with Gasteiger partial charge in [-0.25, -0.2) is 4.39 Å². The van der Waals surface area contributed by atoms with E-state index in [-0.39, 0.29) is 17.8 Å². The highest BCUT2D eigenvalue weighted by atomic mass is 19.1. The van der Waals surface area contributed by atoms with Crippen molar-refractivity contribution in [2.75, 3.05) is 13.6 Å². The zero-order valence-corrected chi connectivity index (χ0v) is 18.1. The number of aromatic nitrogens is 1. The second kappa shape index (κ2) is 9.40. The molecule has 2 aromatic carbocycles. The lowest BCUT2D eigenvalue weighted by Crippen LogP contribution is -2.41. The third kappa shape index (κ3) is 4.67. The van der Waals surface area contributed by atoms with E-state index in [1.54, 1.807) is 41.4 Å². The van der Waals surface area contributed by atoms with Crippen molar-refractivity contribution >= 4 is 5.91 Å². The van der Waals surface area contributed by atoms with E-state index < -0.39 is 0 Å². The summed E-state index contributed by atoms with van der Waals surface area (Å²) in [6.07, 6.45) is 4.33. The Balaban J connectivity index is 1.44. The van der Waals surface area contributed by atoms with Gasteiger partial charge >= 0.3 is 0 Å². The van der Waals surface area contributed by atoms with Crippen LogP contribution in [0.2, 0.25) is 0 Å². The van der Waals surface area contributed by atoms with Crippen LogP contribution in [-0.4, -0.2) is 35.4 Å². The molecule has 0 saturated heterocycles. The first kappa shape index (κ1) is 21.2. The number of benzene rings is 2. The molecule has 1 atom stereocenters. The lowest BCUT2D eigenvalue weighted by atomic mass is 9.86. The van der Waals surface area contributed by atoms with Crippen molar-refractivity contribution in [3.8, 4) is 11.1 Å². The molecule has 1 N–H and O–H groups in total. The molecule has 1 aliphatic rings. The molecule has 0 saturated carbocycles. The monoisotopic (exact) mass is 417 g/mol. The summed E-state index contributed by atoms with van der Waals surface area (Å²) in [5.74, 6) is -0.396. The van der Waals surface area contributed by atoms with Crippen molar-refractivity contribution in [1.82, 2.24) is 15.2 Å². The molecule has 1 unspecified atom stereocenters. The second-order valence-electron chi connectivity index (χ2n) is 8.11. The SMILES string of the molecule is CCNCc1ccc2c(c1)CCC(N(C)C(=O)c1ccc(-c3ccccc3F)cn1)C2. The van der Waals surface area contributed by atoms with Gasteiger partial charge in [-0.2, -0.15) is 0 Å². The van der Waals surface area contributed by atoms with Crippen LogP contribution in [-0.2, 0) is 19.4 Å². The van der Waals surface area contributed by atoms with Gasteiger partial charge in [0.15, 0.2) is 0 Å². The van der Waals surface area contributed by atoms with Gasteiger partial charge in [-0.1, -0.05) is 49.4 Å². The number of nitrogens with one attached hydrogen (secondary N) is 1. The Hall–Kier alpha value is -3.05. The number of hydrogen-bond acceptors (Lipinski definition) is 3. The summed E-state index contributed by atoms with van der Waals surface area (Å²) in [5, 5.41) is 3.37. The molecule has 3 aromatic rings. The minimum atomic E-state index is -0.296. The van der Waals surface area contributed by atoms with Gasteiger partial charge in [0.05, 0.1) is 0 Å². The predicted molar refractivity (Wildman–Crippen MR) is 121 cm³/mol. The van der Waals surface area contributed by atoms with E-state index in [1.165, 1.54) is 22.8 Å². The minimum absolute atomic E-state index is 0.0997. The van der Waals surface area contributed by atoms with E-state index in [0.717, 1.165) is 32.4 Å². The molecular formula is C26H28FN3O. The van der Waals surface area contributed by atoms with E-state index >= 15 is 0 Å². The summed E-state index contributed by atoms with van der Waals surface area (Å²) in [4.78, 5) is 19.2. The summed E-state index contributed by atoms with van der Waals surface area (Å²) in [6, 6.07) is 16.8. The van der Waals surface area contributed by atoms with Crippen molar-refractivity contribution in [3.63, 3.8) is 0 Å². The van der Waals surface area contributed by atoms with Crippen LogP contribution in [0.4, 0.5) is 4.39 Å². The van der Waals surface area contributed by atoms with Gasteiger partial charge < -0.3 is 10.2 Å². The molecule has 5 heteroatoms. The van der Waals surface area contributed by atoms with E-state index in [0.29, 0.717) is 16.8 Å². The maximum atomic E-state index is 14.0. The third-order valence-electron chi connectivity index (χ3n) is 6.09. The topological polar surface area (TPSA) is 45.2 Å². The van der Waals surface area contributed by atoms with Crippen LogP contribution in [0.5, 0.6) is 0 Å². The summed E-state index contributed by atoms with van der Waals surface area (Å²) in [5.41, 5.74) is 5.55. The first-order valence-corrected chi connectivity index (χ1v) is 10.9. The Kier molecular flexibility index (Phi) is 6.42. The first-order chi connectivity index (χ1) is 15.1. The van der Waals surface area contributed by atoms with Crippen LogP contribution < -0.4 is 5.32 Å². The van der Waals surface area contributed by atoms with Crippen LogP contribution in [0.25, 0.3) is 11.1 Å². The summed E-state index contributed by atoms with van der Waals surface area (Å²) in [6.45, 7) is 3.96. The maximum absolute atomic E-state index is 14.0. The predicted octanol–water partition coefficient (Wildman–Crippen LogP) is 4.63. The molecule has 4 nitrogen and oxygen atoms in total. The zero-order valence-electron chi connectivity index (χ0n) is 18.1. The summed E-state index contributed by atoms with van der Waals surface area (Å²) < 4.78 is 14.0. The molecule has 0 spiro atoms. The normalized spacial score (nSPS) is 15.4. The molecule has 0 bridgehead atoms. The van der Waals surface area contributed by atoms with Crippen LogP contribution in [0.15, 0.2) is 60.8 Å². The van der Waals surface area contributed by atoms with E-state index in [4.69, 9.17) is 0 Å². The number of pyridine rings is 1. The largest absolute Gasteiger partial charge is 0.337 e.